The molecule has 0 aromatic heterocycles. The van der Waals surface area contributed by atoms with E-state index in [9.17, 15) is 18.0 Å². The molecule has 0 N–H and O–H groups in total. The first-order chi connectivity index (χ1) is 12.7. The molecule has 0 saturated carbocycles. The molecule has 0 radical (unpaired) electrons. The Bertz CT molecular complexity index is 820. The highest BCUT2D eigenvalue weighted by Gasteiger charge is 2.33. The maximum Gasteiger partial charge on any atom is 0.342 e. The van der Waals surface area contributed by atoms with Crippen LogP contribution in [-0.4, -0.2) is 77.7 Å². The number of carbonyl (C=O) groups excluding carboxylic acids is 2. The molecule has 150 valence electrons. The first-order valence-electron chi connectivity index (χ1n) is 8.15. The molecule has 1 aromatic rings. The minimum Gasteiger partial charge on any atom is -0.496 e. The molecular formula is C17H23NO8S. The Morgan fingerprint density at radius 1 is 1.07 bits per heavy atom. The number of likely N-dealkylation sites (N-methyl/N-ethyl adjacent to an activating group) is 1. The number of hydrogen-bond donors (Lipinski definition) is 0. The fourth-order valence-corrected chi connectivity index (χ4v) is 4.55. The van der Waals surface area contributed by atoms with Crippen LogP contribution in [0.15, 0.2) is 12.1 Å². The summed E-state index contributed by atoms with van der Waals surface area (Å²) in [5, 5.41) is 0. The van der Waals surface area contributed by atoms with Crippen molar-refractivity contribution in [2.24, 2.45) is 0 Å². The van der Waals surface area contributed by atoms with Gasteiger partial charge in [0.25, 0.3) is 5.91 Å². The average Bonchev–Trinajstić information content (AvgIpc) is 3.03. The summed E-state index contributed by atoms with van der Waals surface area (Å²) in [5.74, 6) is -0.377. The SMILES string of the molecule is COc1cc(OC)c(C(=O)OCC(=O)N(C)[C@@H]2CCS(=O)(=O)C2)cc1OC. The summed E-state index contributed by atoms with van der Waals surface area (Å²) in [7, 11) is 2.65. The first-order valence-corrected chi connectivity index (χ1v) is 9.97. The summed E-state index contributed by atoms with van der Waals surface area (Å²) in [6.07, 6.45) is 0.377. The quantitative estimate of drug-likeness (QED) is 0.608. The molecule has 2 rings (SSSR count). The van der Waals surface area contributed by atoms with E-state index in [1.165, 1.54) is 45.4 Å². The third-order valence-corrected chi connectivity index (χ3v) is 6.15. The molecule has 1 amide bonds. The van der Waals surface area contributed by atoms with Crippen LogP contribution in [0.5, 0.6) is 17.2 Å². The molecule has 9 nitrogen and oxygen atoms in total. The van der Waals surface area contributed by atoms with E-state index in [4.69, 9.17) is 18.9 Å². The maximum atomic E-state index is 12.4. The number of carbonyl (C=O) groups is 2. The van der Waals surface area contributed by atoms with E-state index in [0.717, 1.165) is 0 Å². The number of rotatable bonds is 7. The molecule has 0 unspecified atom stereocenters. The largest absolute Gasteiger partial charge is 0.496 e. The molecule has 0 aliphatic carbocycles. The third-order valence-electron chi connectivity index (χ3n) is 4.40. The van der Waals surface area contributed by atoms with E-state index < -0.39 is 34.4 Å². The number of ether oxygens (including phenoxy) is 4. The summed E-state index contributed by atoms with van der Waals surface area (Å²) in [6.45, 7) is -0.511. The van der Waals surface area contributed by atoms with Crippen molar-refractivity contribution in [3.8, 4) is 17.2 Å². The molecule has 0 spiro atoms. The number of nitrogens with zero attached hydrogens (tertiary/aromatic N) is 1. The lowest BCUT2D eigenvalue weighted by Gasteiger charge is -2.23. The van der Waals surface area contributed by atoms with Crippen LogP contribution in [0.4, 0.5) is 0 Å². The third kappa shape index (κ3) is 4.82. The van der Waals surface area contributed by atoms with E-state index in [-0.39, 0.29) is 22.8 Å². The minimum atomic E-state index is -3.12. The first kappa shape index (κ1) is 20.8. The van der Waals surface area contributed by atoms with Crippen molar-refractivity contribution < 1.29 is 37.0 Å². The van der Waals surface area contributed by atoms with Gasteiger partial charge in [-0.2, -0.15) is 0 Å². The lowest BCUT2D eigenvalue weighted by Crippen LogP contribution is -2.40. The molecule has 0 bridgehead atoms. The predicted molar refractivity (Wildman–Crippen MR) is 96.2 cm³/mol. The molecule has 1 saturated heterocycles. The van der Waals surface area contributed by atoms with E-state index in [0.29, 0.717) is 17.9 Å². The van der Waals surface area contributed by atoms with Crippen molar-refractivity contribution >= 4 is 21.7 Å². The van der Waals surface area contributed by atoms with Crippen molar-refractivity contribution in [3.63, 3.8) is 0 Å². The van der Waals surface area contributed by atoms with Gasteiger partial charge in [0.1, 0.15) is 11.3 Å². The standard InChI is InChI=1S/C17H23NO8S/c1-18(11-5-6-27(21,22)10-11)16(19)9-26-17(20)12-7-14(24-3)15(25-4)8-13(12)23-2/h7-8,11H,5-6,9-10H2,1-4H3/t11-/m1/s1. The second-order valence-corrected chi connectivity index (χ2v) is 8.27. The molecule has 1 aliphatic rings. The van der Waals surface area contributed by atoms with E-state index in [1.807, 2.05) is 0 Å². The molecule has 10 heteroatoms. The Kier molecular flexibility index (Phi) is 6.53. The van der Waals surface area contributed by atoms with Gasteiger partial charge < -0.3 is 23.8 Å². The zero-order chi connectivity index (χ0) is 20.2. The van der Waals surface area contributed by atoms with Crippen molar-refractivity contribution in [2.45, 2.75) is 12.5 Å². The number of esters is 1. The minimum absolute atomic E-state index is 0.0535. The van der Waals surface area contributed by atoms with Crippen LogP contribution in [0.1, 0.15) is 16.8 Å². The number of hydrogen-bond acceptors (Lipinski definition) is 8. The predicted octanol–water partition coefficient (Wildman–Crippen LogP) is 0.515. The van der Waals surface area contributed by atoms with Crippen LogP contribution >= 0.6 is 0 Å². The monoisotopic (exact) mass is 401 g/mol. The lowest BCUT2D eigenvalue weighted by atomic mass is 10.1. The summed E-state index contributed by atoms with van der Waals surface area (Å²) < 4.78 is 43.6. The normalized spacial score (nSPS) is 17.9. The van der Waals surface area contributed by atoms with E-state index >= 15 is 0 Å². The van der Waals surface area contributed by atoms with Crippen LogP contribution in [0, 0.1) is 0 Å². The Labute approximate surface area is 158 Å². The highest BCUT2D eigenvalue weighted by molar-refractivity contribution is 7.91. The Balaban J connectivity index is 2.06. The zero-order valence-electron chi connectivity index (χ0n) is 15.7. The van der Waals surface area contributed by atoms with Gasteiger partial charge in [0.15, 0.2) is 27.9 Å². The lowest BCUT2D eigenvalue weighted by molar-refractivity contribution is -0.134. The van der Waals surface area contributed by atoms with Gasteiger partial charge in [-0.25, -0.2) is 13.2 Å². The van der Waals surface area contributed by atoms with Gasteiger partial charge in [-0.05, 0) is 6.42 Å². The number of benzene rings is 1. The van der Waals surface area contributed by atoms with E-state index in [1.54, 1.807) is 0 Å². The molecule has 1 aromatic carbocycles. The smallest absolute Gasteiger partial charge is 0.342 e. The maximum absolute atomic E-state index is 12.4. The van der Waals surface area contributed by atoms with Crippen LogP contribution in [0.2, 0.25) is 0 Å². The number of amides is 1. The van der Waals surface area contributed by atoms with Crippen LogP contribution in [0.25, 0.3) is 0 Å². The van der Waals surface area contributed by atoms with Gasteiger partial charge >= 0.3 is 5.97 Å². The zero-order valence-corrected chi connectivity index (χ0v) is 16.5. The fourth-order valence-electron chi connectivity index (χ4n) is 2.78. The molecule has 1 heterocycles. The van der Waals surface area contributed by atoms with Gasteiger partial charge in [-0.3, -0.25) is 4.79 Å². The fraction of sp³-hybridized carbons (Fsp3) is 0.529. The van der Waals surface area contributed by atoms with Gasteiger partial charge in [0, 0.05) is 25.2 Å². The molecule has 1 fully saturated rings. The van der Waals surface area contributed by atoms with Crippen molar-refractivity contribution in [3.05, 3.63) is 17.7 Å². The van der Waals surface area contributed by atoms with Gasteiger partial charge in [-0.1, -0.05) is 0 Å². The van der Waals surface area contributed by atoms with E-state index in [2.05, 4.69) is 0 Å². The van der Waals surface area contributed by atoms with Crippen molar-refractivity contribution in [2.75, 3.05) is 46.5 Å². The van der Waals surface area contributed by atoms with Gasteiger partial charge in [-0.15, -0.1) is 0 Å². The Morgan fingerprint density at radius 2 is 1.67 bits per heavy atom. The summed E-state index contributed by atoms with van der Waals surface area (Å²) in [6, 6.07) is 2.47. The number of sulfone groups is 1. The average molecular weight is 401 g/mol. The van der Waals surface area contributed by atoms with Crippen LogP contribution in [0.3, 0.4) is 0 Å². The second-order valence-electron chi connectivity index (χ2n) is 6.05. The Morgan fingerprint density at radius 3 is 2.19 bits per heavy atom. The molecular weight excluding hydrogens is 378 g/mol. The molecule has 27 heavy (non-hydrogen) atoms. The summed E-state index contributed by atoms with van der Waals surface area (Å²) in [5.41, 5.74) is 0.0778. The molecule has 1 atom stereocenters. The highest BCUT2D eigenvalue weighted by atomic mass is 32.2. The summed E-state index contributed by atoms with van der Waals surface area (Å²) >= 11 is 0. The Hall–Kier alpha value is -2.49. The highest BCUT2D eigenvalue weighted by Crippen LogP contribution is 2.34. The van der Waals surface area contributed by atoms with Gasteiger partial charge in [0.05, 0.1) is 32.8 Å². The van der Waals surface area contributed by atoms with Crippen molar-refractivity contribution in [1.82, 2.24) is 4.90 Å². The number of methoxy groups -OCH3 is 3. The van der Waals surface area contributed by atoms with Crippen molar-refractivity contribution in [1.29, 1.82) is 0 Å². The molecule has 1 aliphatic heterocycles. The van der Waals surface area contributed by atoms with Crippen LogP contribution < -0.4 is 14.2 Å². The summed E-state index contributed by atoms with van der Waals surface area (Å²) in [4.78, 5) is 25.9. The second kappa shape index (κ2) is 8.47. The van der Waals surface area contributed by atoms with Crippen LogP contribution in [-0.2, 0) is 19.4 Å². The van der Waals surface area contributed by atoms with Gasteiger partial charge in [0.2, 0.25) is 0 Å². The topological polar surface area (TPSA) is 108 Å².